The molecule has 0 aromatic rings. The SMILES string of the molecule is O=C(O)CN1CCCN(C(=O)NC2CC=CCC2)CC1. The second-order valence-electron chi connectivity index (χ2n) is 5.44. The van der Waals surface area contributed by atoms with Crippen molar-refractivity contribution in [1.29, 1.82) is 0 Å². The van der Waals surface area contributed by atoms with Crippen LogP contribution in [0.25, 0.3) is 0 Å². The van der Waals surface area contributed by atoms with Gasteiger partial charge in [-0.3, -0.25) is 9.69 Å². The van der Waals surface area contributed by atoms with Gasteiger partial charge in [-0.05, 0) is 25.7 Å². The van der Waals surface area contributed by atoms with E-state index in [2.05, 4.69) is 17.5 Å². The summed E-state index contributed by atoms with van der Waals surface area (Å²) in [5, 5.41) is 11.9. The maximum Gasteiger partial charge on any atom is 0.317 e. The molecule has 2 rings (SSSR count). The molecule has 1 atom stereocenters. The minimum Gasteiger partial charge on any atom is -0.480 e. The fourth-order valence-corrected chi connectivity index (χ4v) is 2.71. The number of carbonyl (C=O) groups excluding carboxylic acids is 1. The molecule has 112 valence electrons. The molecule has 1 unspecified atom stereocenters. The predicted octanol–water partition coefficient (Wildman–Crippen LogP) is 0.897. The van der Waals surface area contributed by atoms with Crippen molar-refractivity contribution in [2.45, 2.75) is 31.7 Å². The smallest absolute Gasteiger partial charge is 0.317 e. The largest absolute Gasteiger partial charge is 0.480 e. The van der Waals surface area contributed by atoms with Crippen LogP contribution in [0.3, 0.4) is 0 Å². The van der Waals surface area contributed by atoms with Crippen LogP contribution in [-0.2, 0) is 4.79 Å². The molecule has 2 aliphatic rings. The third-order valence-corrected chi connectivity index (χ3v) is 3.83. The van der Waals surface area contributed by atoms with Crippen molar-refractivity contribution in [2.75, 3.05) is 32.7 Å². The second kappa shape index (κ2) is 7.28. The number of urea groups is 1. The quantitative estimate of drug-likeness (QED) is 0.754. The summed E-state index contributed by atoms with van der Waals surface area (Å²) in [6.07, 6.45) is 8.03. The maximum atomic E-state index is 12.2. The number of carboxylic acids is 1. The summed E-state index contributed by atoms with van der Waals surface area (Å²) in [6.45, 7) is 2.72. The standard InChI is InChI=1S/C14H23N3O3/c18-13(19)11-16-7-4-8-17(10-9-16)14(20)15-12-5-2-1-3-6-12/h1-2,12H,3-11H2,(H,15,20)(H,18,19). The van der Waals surface area contributed by atoms with Gasteiger partial charge in [0, 0.05) is 32.2 Å². The lowest BCUT2D eigenvalue weighted by molar-refractivity contribution is -0.138. The molecule has 20 heavy (non-hydrogen) atoms. The molecule has 0 spiro atoms. The number of aliphatic carboxylic acids is 1. The predicted molar refractivity (Wildman–Crippen MR) is 75.6 cm³/mol. The Balaban J connectivity index is 1.78. The van der Waals surface area contributed by atoms with E-state index in [1.807, 2.05) is 4.90 Å². The van der Waals surface area contributed by atoms with E-state index >= 15 is 0 Å². The molecule has 6 heteroatoms. The van der Waals surface area contributed by atoms with Crippen molar-refractivity contribution in [3.05, 3.63) is 12.2 Å². The van der Waals surface area contributed by atoms with Crippen molar-refractivity contribution in [3.63, 3.8) is 0 Å². The molecule has 1 fully saturated rings. The first-order chi connectivity index (χ1) is 9.65. The number of nitrogens with one attached hydrogen (secondary N) is 1. The van der Waals surface area contributed by atoms with Crippen molar-refractivity contribution < 1.29 is 14.7 Å². The molecule has 0 radical (unpaired) electrons. The average molecular weight is 281 g/mol. The Hall–Kier alpha value is -1.56. The second-order valence-corrected chi connectivity index (χ2v) is 5.44. The van der Waals surface area contributed by atoms with Crippen molar-refractivity contribution >= 4 is 12.0 Å². The molecule has 0 aromatic heterocycles. The fraction of sp³-hybridized carbons (Fsp3) is 0.714. The van der Waals surface area contributed by atoms with Gasteiger partial charge >= 0.3 is 12.0 Å². The summed E-state index contributed by atoms with van der Waals surface area (Å²) >= 11 is 0. The summed E-state index contributed by atoms with van der Waals surface area (Å²) in [5.74, 6) is -0.808. The molecule has 6 nitrogen and oxygen atoms in total. The number of carboxylic acid groups (broad SMARTS) is 1. The van der Waals surface area contributed by atoms with Crippen molar-refractivity contribution in [2.24, 2.45) is 0 Å². The van der Waals surface area contributed by atoms with Crippen LogP contribution in [0.15, 0.2) is 12.2 Å². The lowest BCUT2D eigenvalue weighted by atomic mass is 10.0. The molecule has 2 N–H and O–H groups in total. The van der Waals surface area contributed by atoms with Crippen molar-refractivity contribution in [1.82, 2.24) is 15.1 Å². The lowest BCUT2D eigenvalue weighted by Crippen LogP contribution is -2.46. The maximum absolute atomic E-state index is 12.2. The first-order valence-electron chi connectivity index (χ1n) is 7.30. The summed E-state index contributed by atoms with van der Waals surface area (Å²) in [6, 6.07) is 0.230. The number of allylic oxidation sites excluding steroid dienone is 1. The zero-order valence-corrected chi connectivity index (χ0v) is 11.8. The van der Waals surface area contributed by atoms with Gasteiger partial charge in [-0.2, -0.15) is 0 Å². The Labute approximate surface area is 119 Å². The summed E-state index contributed by atoms with van der Waals surface area (Å²) < 4.78 is 0. The number of hydrogen-bond donors (Lipinski definition) is 2. The van der Waals surface area contributed by atoms with E-state index < -0.39 is 5.97 Å². The van der Waals surface area contributed by atoms with E-state index in [0.29, 0.717) is 19.6 Å². The Morgan fingerprint density at radius 2 is 2.05 bits per heavy atom. The first kappa shape index (κ1) is 14.8. The van der Waals surface area contributed by atoms with Crippen LogP contribution in [0.4, 0.5) is 4.79 Å². The van der Waals surface area contributed by atoms with Gasteiger partial charge < -0.3 is 15.3 Å². The molecule has 0 aromatic carbocycles. The molecular weight excluding hydrogens is 258 g/mol. The van der Waals surface area contributed by atoms with E-state index in [0.717, 1.165) is 32.2 Å². The van der Waals surface area contributed by atoms with E-state index in [-0.39, 0.29) is 18.6 Å². The monoisotopic (exact) mass is 281 g/mol. The molecule has 0 saturated carbocycles. The summed E-state index contributed by atoms with van der Waals surface area (Å²) in [5.41, 5.74) is 0. The van der Waals surface area contributed by atoms with Gasteiger partial charge in [-0.15, -0.1) is 0 Å². The van der Waals surface area contributed by atoms with Gasteiger partial charge in [0.2, 0.25) is 0 Å². The van der Waals surface area contributed by atoms with Crippen molar-refractivity contribution in [3.8, 4) is 0 Å². The van der Waals surface area contributed by atoms with Gasteiger partial charge in [0.05, 0.1) is 6.54 Å². The van der Waals surface area contributed by atoms with Crippen LogP contribution in [0.5, 0.6) is 0 Å². The third kappa shape index (κ3) is 4.52. The number of carbonyl (C=O) groups is 2. The van der Waals surface area contributed by atoms with Crippen LogP contribution >= 0.6 is 0 Å². The lowest BCUT2D eigenvalue weighted by Gasteiger charge is -2.26. The van der Waals surface area contributed by atoms with Gasteiger partial charge in [-0.25, -0.2) is 4.79 Å². The van der Waals surface area contributed by atoms with Gasteiger partial charge in [0.15, 0.2) is 0 Å². The van der Waals surface area contributed by atoms with Gasteiger partial charge in [-0.1, -0.05) is 12.2 Å². The van der Waals surface area contributed by atoms with Gasteiger partial charge in [0.1, 0.15) is 0 Å². The van der Waals surface area contributed by atoms with E-state index in [9.17, 15) is 9.59 Å². The Kier molecular flexibility index (Phi) is 5.40. The molecule has 1 aliphatic heterocycles. The highest BCUT2D eigenvalue weighted by atomic mass is 16.4. The van der Waals surface area contributed by atoms with E-state index in [1.54, 1.807) is 4.90 Å². The number of hydrogen-bond acceptors (Lipinski definition) is 3. The Bertz CT molecular complexity index is 384. The number of rotatable bonds is 3. The van der Waals surface area contributed by atoms with E-state index in [1.165, 1.54) is 0 Å². The normalized spacial score (nSPS) is 24.2. The number of nitrogens with zero attached hydrogens (tertiary/aromatic N) is 2. The first-order valence-corrected chi connectivity index (χ1v) is 7.30. The molecule has 1 heterocycles. The Morgan fingerprint density at radius 3 is 2.75 bits per heavy atom. The van der Waals surface area contributed by atoms with Crippen LogP contribution < -0.4 is 5.32 Å². The zero-order chi connectivity index (χ0) is 14.4. The number of amides is 2. The molecular formula is C14H23N3O3. The summed E-state index contributed by atoms with van der Waals surface area (Å²) in [4.78, 5) is 26.6. The zero-order valence-electron chi connectivity index (χ0n) is 11.8. The minimum absolute atomic E-state index is 0.0116. The summed E-state index contributed by atoms with van der Waals surface area (Å²) in [7, 11) is 0. The highest BCUT2D eigenvalue weighted by molar-refractivity contribution is 5.74. The molecule has 2 amide bonds. The average Bonchev–Trinajstić information content (AvgIpc) is 2.65. The van der Waals surface area contributed by atoms with Gasteiger partial charge in [0.25, 0.3) is 0 Å². The minimum atomic E-state index is -0.808. The third-order valence-electron chi connectivity index (χ3n) is 3.83. The van der Waals surface area contributed by atoms with Crippen LogP contribution in [-0.4, -0.2) is 65.7 Å². The van der Waals surface area contributed by atoms with Crippen LogP contribution in [0.1, 0.15) is 25.7 Å². The van der Waals surface area contributed by atoms with Crippen LogP contribution in [0, 0.1) is 0 Å². The highest BCUT2D eigenvalue weighted by Gasteiger charge is 2.22. The molecule has 1 aliphatic carbocycles. The highest BCUT2D eigenvalue weighted by Crippen LogP contribution is 2.11. The molecule has 1 saturated heterocycles. The molecule has 0 bridgehead atoms. The fourth-order valence-electron chi connectivity index (χ4n) is 2.71. The van der Waals surface area contributed by atoms with Crippen LogP contribution in [0.2, 0.25) is 0 Å². The Morgan fingerprint density at radius 1 is 1.20 bits per heavy atom. The topological polar surface area (TPSA) is 72.9 Å². The van der Waals surface area contributed by atoms with E-state index in [4.69, 9.17) is 5.11 Å².